The first-order valence-electron chi connectivity index (χ1n) is 12.9. The molecule has 0 spiro atoms. The van der Waals surface area contributed by atoms with Crippen LogP contribution in [0.1, 0.15) is 36.1 Å². The number of thiophene rings is 2. The van der Waals surface area contributed by atoms with Crippen molar-refractivity contribution >= 4 is 63.1 Å². The molecule has 13 heteroatoms. The Hall–Kier alpha value is -5.04. The Morgan fingerprint density at radius 1 is 0.909 bits per heavy atom. The van der Waals surface area contributed by atoms with Crippen LogP contribution in [0.2, 0.25) is 5.02 Å². The van der Waals surface area contributed by atoms with Crippen molar-refractivity contribution in [2.45, 2.75) is 6.92 Å². The van der Waals surface area contributed by atoms with Crippen LogP contribution in [0.4, 0.5) is 11.0 Å². The van der Waals surface area contributed by atoms with Gasteiger partial charge in [-0.1, -0.05) is 59.2 Å². The molecule has 0 aliphatic rings. The molecule has 4 heterocycles. The predicted octanol–water partition coefficient (Wildman–Crippen LogP) is 8.06. The van der Waals surface area contributed by atoms with E-state index in [4.69, 9.17) is 25.2 Å². The smallest absolute Gasteiger partial charge is 0.340 e. The standard InChI is InChI=1S/C17H13NO4S.C14H10ClN3O2S/c1-21-17(20)12-10-14(11-6-3-2-4-7-11)23-16(12)18-15(19)13-8-5-9-22-13;1-8-6-9(7-21-8)12(19)16-14-18-17-13(20-14)10-4-2-3-5-11(10)15/h2-10H,1H3,(H,18,19);2-7H,1H3,(H,16,18,19). The van der Waals surface area contributed by atoms with Gasteiger partial charge in [-0.05, 0) is 48.9 Å². The topological polar surface area (TPSA) is 137 Å². The summed E-state index contributed by atoms with van der Waals surface area (Å²) in [7, 11) is 1.31. The van der Waals surface area contributed by atoms with E-state index in [2.05, 4.69) is 20.8 Å². The fraction of sp³-hybridized carbons (Fsp3) is 0.0645. The van der Waals surface area contributed by atoms with E-state index in [1.54, 1.807) is 41.8 Å². The molecule has 2 amide bonds. The third-order valence-corrected chi connectivity index (χ3v) is 8.20. The van der Waals surface area contributed by atoms with E-state index in [0.717, 1.165) is 15.3 Å². The maximum absolute atomic E-state index is 12.1. The molecular formula is C31H23ClN4O6S2. The van der Waals surface area contributed by atoms with Crippen molar-refractivity contribution < 1.29 is 28.0 Å². The van der Waals surface area contributed by atoms with Gasteiger partial charge in [0, 0.05) is 15.1 Å². The van der Waals surface area contributed by atoms with Crippen molar-refractivity contribution in [3.63, 3.8) is 0 Å². The second kappa shape index (κ2) is 14.0. The van der Waals surface area contributed by atoms with Gasteiger partial charge in [0.2, 0.25) is 0 Å². The Kier molecular flexibility index (Phi) is 9.65. The van der Waals surface area contributed by atoms with Crippen molar-refractivity contribution in [1.29, 1.82) is 0 Å². The summed E-state index contributed by atoms with van der Waals surface area (Å²) in [5, 5.41) is 15.7. The molecule has 0 aliphatic carbocycles. The van der Waals surface area contributed by atoms with Gasteiger partial charge in [-0.25, -0.2) is 4.79 Å². The van der Waals surface area contributed by atoms with Gasteiger partial charge in [-0.15, -0.1) is 27.8 Å². The lowest BCUT2D eigenvalue weighted by Gasteiger charge is -2.03. The zero-order valence-electron chi connectivity index (χ0n) is 23.2. The molecule has 0 bridgehead atoms. The first kappa shape index (κ1) is 30.4. The zero-order chi connectivity index (χ0) is 31.1. The fourth-order valence-corrected chi connectivity index (χ4v) is 5.76. The van der Waals surface area contributed by atoms with Crippen LogP contribution < -0.4 is 10.6 Å². The number of nitrogens with one attached hydrogen (secondary N) is 2. The van der Waals surface area contributed by atoms with E-state index >= 15 is 0 Å². The van der Waals surface area contributed by atoms with E-state index in [1.807, 2.05) is 49.4 Å². The van der Waals surface area contributed by atoms with E-state index in [1.165, 1.54) is 36.0 Å². The lowest BCUT2D eigenvalue weighted by Crippen LogP contribution is -2.12. The number of aryl methyl sites for hydroxylation is 1. The summed E-state index contributed by atoms with van der Waals surface area (Å²) >= 11 is 8.87. The van der Waals surface area contributed by atoms with Crippen LogP contribution in [0, 0.1) is 6.92 Å². The second-order valence-electron chi connectivity index (χ2n) is 8.93. The largest absolute Gasteiger partial charge is 0.465 e. The van der Waals surface area contributed by atoms with E-state index in [0.29, 0.717) is 26.7 Å². The fourth-order valence-electron chi connectivity index (χ4n) is 3.81. The van der Waals surface area contributed by atoms with E-state index in [9.17, 15) is 14.4 Å². The molecule has 0 fully saturated rings. The van der Waals surface area contributed by atoms with Gasteiger partial charge >= 0.3 is 12.0 Å². The average molecular weight is 647 g/mol. The quantitative estimate of drug-likeness (QED) is 0.166. The van der Waals surface area contributed by atoms with Gasteiger partial charge in [-0.3, -0.25) is 14.9 Å². The number of carbonyl (C=O) groups is 3. The summed E-state index contributed by atoms with van der Waals surface area (Å²) in [4.78, 5) is 38.0. The predicted molar refractivity (Wildman–Crippen MR) is 170 cm³/mol. The van der Waals surface area contributed by atoms with Crippen LogP contribution in [-0.4, -0.2) is 35.1 Å². The van der Waals surface area contributed by atoms with Crippen molar-refractivity contribution in [3.05, 3.63) is 117 Å². The van der Waals surface area contributed by atoms with Gasteiger partial charge in [0.1, 0.15) is 5.00 Å². The Labute approximate surface area is 264 Å². The normalized spacial score (nSPS) is 10.4. The van der Waals surface area contributed by atoms with Gasteiger partial charge < -0.3 is 18.9 Å². The van der Waals surface area contributed by atoms with Crippen molar-refractivity contribution in [2.75, 3.05) is 17.7 Å². The number of hydrogen-bond donors (Lipinski definition) is 2. The SMILES string of the molecule is COC(=O)c1cc(-c2ccccc2)sc1NC(=O)c1ccco1.Cc1cc(C(=O)Nc2nnc(-c3ccccc3Cl)o2)cs1. The summed E-state index contributed by atoms with van der Waals surface area (Å²) < 4.78 is 15.3. The molecule has 222 valence electrons. The highest BCUT2D eigenvalue weighted by Crippen LogP contribution is 2.36. The third kappa shape index (κ3) is 7.29. The lowest BCUT2D eigenvalue weighted by atomic mass is 10.1. The highest BCUT2D eigenvalue weighted by molar-refractivity contribution is 7.20. The van der Waals surface area contributed by atoms with Crippen LogP contribution in [0.5, 0.6) is 0 Å². The Balaban J connectivity index is 0.000000175. The minimum Gasteiger partial charge on any atom is -0.465 e. The van der Waals surface area contributed by atoms with Crippen molar-refractivity contribution in [2.24, 2.45) is 0 Å². The molecule has 2 N–H and O–H groups in total. The van der Waals surface area contributed by atoms with Crippen LogP contribution in [0.15, 0.2) is 99.3 Å². The number of hydrogen-bond acceptors (Lipinski definition) is 10. The average Bonchev–Trinajstić information content (AvgIpc) is 3.86. The molecule has 10 nitrogen and oxygen atoms in total. The lowest BCUT2D eigenvalue weighted by molar-refractivity contribution is 0.0602. The maximum Gasteiger partial charge on any atom is 0.340 e. The van der Waals surface area contributed by atoms with Crippen molar-refractivity contribution in [1.82, 2.24) is 10.2 Å². The minimum atomic E-state index is -0.502. The summed E-state index contributed by atoms with van der Waals surface area (Å²) in [6.07, 6.45) is 1.42. The molecule has 6 rings (SSSR count). The molecule has 6 aromatic rings. The number of amides is 2. The highest BCUT2D eigenvalue weighted by atomic mass is 35.5. The summed E-state index contributed by atoms with van der Waals surface area (Å²) in [5.41, 5.74) is 2.46. The van der Waals surface area contributed by atoms with Gasteiger partial charge in [0.25, 0.3) is 17.7 Å². The Morgan fingerprint density at radius 2 is 1.68 bits per heavy atom. The van der Waals surface area contributed by atoms with E-state index < -0.39 is 11.9 Å². The number of furan rings is 1. The van der Waals surface area contributed by atoms with Crippen LogP contribution in [0.3, 0.4) is 0 Å². The molecule has 0 saturated heterocycles. The first-order valence-corrected chi connectivity index (χ1v) is 15.0. The summed E-state index contributed by atoms with van der Waals surface area (Å²) in [6, 6.07) is 23.5. The number of methoxy groups -OCH3 is 1. The molecule has 0 aliphatic heterocycles. The monoisotopic (exact) mass is 646 g/mol. The number of aromatic nitrogens is 2. The molecule has 44 heavy (non-hydrogen) atoms. The molecule has 0 unspecified atom stereocenters. The zero-order valence-corrected chi connectivity index (χ0v) is 25.6. The number of benzene rings is 2. The molecule has 4 aromatic heterocycles. The summed E-state index contributed by atoms with van der Waals surface area (Å²) in [6.45, 7) is 1.93. The summed E-state index contributed by atoms with van der Waals surface area (Å²) in [5.74, 6) is -0.763. The Morgan fingerprint density at radius 3 is 2.36 bits per heavy atom. The number of carbonyl (C=O) groups excluding carboxylic acids is 3. The van der Waals surface area contributed by atoms with E-state index in [-0.39, 0.29) is 23.6 Å². The van der Waals surface area contributed by atoms with Gasteiger partial charge in [0.05, 0.1) is 35.1 Å². The third-order valence-electron chi connectivity index (χ3n) is 5.91. The number of nitrogens with zero attached hydrogens (tertiary/aromatic N) is 2. The molecule has 0 saturated carbocycles. The molecule has 2 aromatic carbocycles. The minimum absolute atomic E-state index is 0.0405. The number of halogens is 1. The molecule has 0 atom stereocenters. The Bertz CT molecular complexity index is 1900. The second-order valence-corrected chi connectivity index (χ2v) is 11.5. The van der Waals surface area contributed by atoms with Gasteiger partial charge in [0.15, 0.2) is 5.76 Å². The molecular weight excluding hydrogens is 624 g/mol. The van der Waals surface area contributed by atoms with Crippen LogP contribution in [-0.2, 0) is 4.74 Å². The number of esters is 1. The number of rotatable bonds is 7. The first-order chi connectivity index (χ1) is 21.3. The number of ether oxygens (including phenoxy) is 1. The van der Waals surface area contributed by atoms with Gasteiger partial charge in [-0.2, -0.15) is 0 Å². The van der Waals surface area contributed by atoms with Crippen LogP contribution >= 0.6 is 34.3 Å². The maximum atomic E-state index is 12.1. The van der Waals surface area contributed by atoms with Crippen molar-refractivity contribution in [3.8, 4) is 21.9 Å². The van der Waals surface area contributed by atoms with Crippen LogP contribution in [0.25, 0.3) is 21.9 Å². The molecule has 0 radical (unpaired) electrons. The highest BCUT2D eigenvalue weighted by Gasteiger charge is 2.21. The number of anilines is 2.